The minimum Gasteiger partial charge on any atom is -0.338 e. The van der Waals surface area contributed by atoms with Gasteiger partial charge in [0.15, 0.2) is 0 Å². The van der Waals surface area contributed by atoms with E-state index in [0.29, 0.717) is 18.7 Å². The van der Waals surface area contributed by atoms with E-state index in [2.05, 4.69) is 16.3 Å². The molecule has 1 amide bonds. The number of hydrogen-bond acceptors (Lipinski definition) is 4. The summed E-state index contributed by atoms with van der Waals surface area (Å²) in [5, 5.41) is 15.8. The van der Waals surface area contributed by atoms with E-state index in [1.165, 1.54) is 0 Å². The zero-order chi connectivity index (χ0) is 13.2. The Bertz CT molecular complexity index is 483. The average molecular weight is 264 g/mol. The molecule has 5 nitrogen and oxygen atoms in total. The Balaban J connectivity index is 2.05. The second-order valence-corrected chi connectivity index (χ2v) is 5.70. The van der Waals surface area contributed by atoms with Gasteiger partial charge in [-0.25, -0.2) is 0 Å². The van der Waals surface area contributed by atoms with Gasteiger partial charge in [0.05, 0.1) is 17.8 Å². The normalized spacial score (nSPS) is 18.4. The molecule has 0 aromatic carbocycles. The van der Waals surface area contributed by atoms with Crippen molar-refractivity contribution < 1.29 is 4.79 Å². The van der Waals surface area contributed by atoms with Gasteiger partial charge in [0.1, 0.15) is 4.75 Å². The first-order chi connectivity index (χ1) is 8.62. The van der Waals surface area contributed by atoms with Crippen LogP contribution in [0.4, 0.5) is 0 Å². The number of rotatable bonds is 2. The van der Waals surface area contributed by atoms with E-state index in [0.717, 1.165) is 18.5 Å². The molecular formula is C12H16N4OS. The third kappa shape index (κ3) is 2.23. The second-order valence-electron chi connectivity index (χ2n) is 4.51. The number of aromatic nitrogens is 2. The summed E-state index contributed by atoms with van der Waals surface area (Å²) < 4.78 is -0.317. The fourth-order valence-electron chi connectivity index (χ4n) is 2.17. The van der Waals surface area contributed by atoms with Gasteiger partial charge in [0, 0.05) is 18.8 Å². The molecule has 2 heterocycles. The highest BCUT2D eigenvalue weighted by molar-refractivity contribution is 8.00. The minimum atomic E-state index is -0.317. The first-order valence-electron chi connectivity index (χ1n) is 5.87. The van der Waals surface area contributed by atoms with Gasteiger partial charge in [-0.3, -0.25) is 9.89 Å². The Labute approximate surface area is 111 Å². The van der Waals surface area contributed by atoms with Gasteiger partial charge in [-0.05, 0) is 26.0 Å². The van der Waals surface area contributed by atoms with Crippen LogP contribution in [0.25, 0.3) is 0 Å². The predicted molar refractivity (Wildman–Crippen MR) is 70.3 cm³/mol. The zero-order valence-electron chi connectivity index (χ0n) is 10.6. The summed E-state index contributed by atoms with van der Waals surface area (Å²) >= 11 is 1.59. The lowest BCUT2D eigenvalue weighted by atomic mass is 9.97. The quantitative estimate of drug-likeness (QED) is 0.880. The van der Waals surface area contributed by atoms with E-state index in [-0.39, 0.29) is 10.7 Å². The largest absolute Gasteiger partial charge is 0.338 e. The van der Waals surface area contributed by atoms with Crippen molar-refractivity contribution in [3.05, 3.63) is 17.5 Å². The topological polar surface area (TPSA) is 72.8 Å². The van der Waals surface area contributed by atoms with Gasteiger partial charge in [-0.2, -0.15) is 10.4 Å². The number of nitrogens with zero attached hydrogens (tertiary/aromatic N) is 3. The fourth-order valence-corrected chi connectivity index (χ4v) is 2.85. The van der Waals surface area contributed by atoms with Crippen LogP contribution in [-0.4, -0.2) is 45.1 Å². The molecule has 0 saturated carbocycles. The van der Waals surface area contributed by atoms with Crippen molar-refractivity contribution in [1.29, 1.82) is 5.26 Å². The molecule has 0 aliphatic carbocycles. The molecule has 1 aliphatic heterocycles. The van der Waals surface area contributed by atoms with Crippen LogP contribution in [0, 0.1) is 18.3 Å². The summed E-state index contributed by atoms with van der Waals surface area (Å²) in [6.45, 7) is 3.11. The van der Waals surface area contributed by atoms with E-state index < -0.39 is 0 Å². The summed E-state index contributed by atoms with van der Waals surface area (Å²) in [6, 6.07) is 2.38. The smallest absolute Gasteiger partial charge is 0.257 e. The molecule has 96 valence electrons. The maximum atomic E-state index is 12.2. The first kappa shape index (κ1) is 13.0. The molecule has 1 aliphatic rings. The molecule has 0 radical (unpaired) electrons. The molecule has 0 bridgehead atoms. The van der Waals surface area contributed by atoms with Crippen LogP contribution in [0.3, 0.4) is 0 Å². The Morgan fingerprint density at radius 2 is 2.28 bits per heavy atom. The third-order valence-electron chi connectivity index (χ3n) is 3.51. The molecule has 1 N–H and O–H groups in total. The lowest BCUT2D eigenvalue weighted by Gasteiger charge is -2.36. The number of carbonyl (C=O) groups is 1. The first-order valence-corrected chi connectivity index (χ1v) is 7.10. The Morgan fingerprint density at radius 1 is 1.61 bits per heavy atom. The maximum absolute atomic E-state index is 12.2. The number of nitriles is 1. The molecule has 2 rings (SSSR count). The van der Waals surface area contributed by atoms with Gasteiger partial charge < -0.3 is 4.90 Å². The Morgan fingerprint density at radius 3 is 2.72 bits per heavy atom. The number of aromatic amines is 1. The van der Waals surface area contributed by atoms with Crippen molar-refractivity contribution in [1.82, 2.24) is 15.1 Å². The summed E-state index contributed by atoms with van der Waals surface area (Å²) in [6.07, 6.45) is 4.99. The molecule has 1 fully saturated rings. The highest BCUT2D eigenvalue weighted by atomic mass is 32.2. The monoisotopic (exact) mass is 264 g/mol. The summed E-state index contributed by atoms with van der Waals surface area (Å²) in [7, 11) is 0. The van der Waals surface area contributed by atoms with Crippen molar-refractivity contribution in [3.8, 4) is 6.07 Å². The van der Waals surface area contributed by atoms with Crippen LogP contribution >= 0.6 is 11.8 Å². The molecule has 0 atom stereocenters. The SMILES string of the molecule is CSC1(C#N)CCN(C(=O)c2cn[nH]c2C)CC1. The number of hydrogen-bond donors (Lipinski definition) is 1. The molecule has 6 heteroatoms. The fraction of sp³-hybridized carbons (Fsp3) is 0.583. The van der Waals surface area contributed by atoms with Crippen LogP contribution in [0.5, 0.6) is 0 Å². The van der Waals surface area contributed by atoms with Crippen molar-refractivity contribution in [2.75, 3.05) is 19.3 Å². The molecule has 0 spiro atoms. The van der Waals surface area contributed by atoms with Crippen molar-refractivity contribution >= 4 is 17.7 Å². The molecular weight excluding hydrogens is 248 g/mol. The van der Waals surface area contributed by atoms with E-state index in [1.54, 1.807) is 18.0 Å². The van der Waals surface area contributed by atoms with Crippen molar-refractivity contribution in [3.63, 3.8) is 0 Å². The molecule has 18 heavy (non-hydrogen) atoms. The highest BCUT2D eigenvalue weighted by Crippen LogP contribution is 2.34. The van der Waals surface area contributed by atoms with Gasteiger partial charge in [-0.1, -0.05) is 0 Å². The minimum absolute atomic E-state index is 0.00823. The molecule has 1 saturated heterocycles. The highest BCUT2D eigenvalue weighted by Gasteiger charge is 2.35. The van der Waals surface area contributed by atoms with E-state index in [9.17, 15) is 10.1 Å². The summed E-state index contributed by atoms with van der Waals surface area (Å²) in [5.74, 6) is 0.00823. The van der Waals surface area contributed by atoms with Gasteiger partial charge >= 0.3 is 0 Å². The lowest BCUT2D eigenvalue weighted by molar-refractivity contribution is 0.0716. The average Bonchev–Trinajstić information content (AvgIpc) is 2.84. The third-order valence-corrected chi connectivity index (χ3v) is 4.79. The van der Waals surface area contributed by atoms with E-state index >= 15 is 0 Å². The number of likely N-dealkylation sites (tertiary alicyclic amines) is 1. The predicted octanol–water partition coefficient (Wildman–Crippen LogP) is 1.58. The van der Waals surface area contributed by atoms with Crippen LogP contribution in [0.2, 0.25) is 0 Å². The molecule has 1 aromatic heterocycles. The number of amides is 1. The summed E-state index contributed by atoms with van der Waals surface area (Å²) in [4.78, 5) is 14.1. The van der Waals surface area contributed by atoms with Crippen LogP contribution in [-0.2, 0) is 0 Å². The zero-order valence-corrected chi connectivity index (χ0v) is 11.4. The number of piperidine rings is 1. The summed E-state index contributed by atoms with van der Waals surface area (Å²) in [5.41, 5.74) is 1.42. The Hall–Kier alpha value is -1.48. The molecule has 1 aromatic rings. The molecule has 0 unspecified atom stereocenters. The number of thioether (sulfide) groups is 1. The second kappa shape index (κ2) is 5.02. The standard InChI is InChI=1S/C12H16N4OS/c1-9-10(7-14-15-9)11(17)16-5-3-12(8-13,18-2)4-6-16/h7H,3-6H2,1-2H3,(H,14,15). The van der Waals surface area contributed by atoms with Crippen molar-refractivity contribution in [2.45, 2.75) is 24.5 Å². The van der Waals surface area contributed by atoms with E-state index in [1.807, 2.05) is 18.1 Å². The number of carbonyl (C=O) groups excluding carboxylic acids is 1. The van der Waals surface area contributed by atoms with Gasteiger partial charge in [0.2, 0.25) is 0 Å². The number of H-pyrrole nitrogens is 1. The maximum Gasteiger partial charge on any atom is 0.257 e. The van der Waals surface area contributed by atoms with Crippen LogP contribution < -0.4 is 0 Å². The number of nitrogens with one attached hydrogen (secondary N) is 1. The van der Waals surface area contributed by atoms with Gasteiger partial charge in [-0.15, -0.1) is 11.8 Å². The van der Waals surface area contributed by atoms with Crippen LogP contribution in [0.15, 0.2) is 6.20 Å². The Kier molecular flexibility index (Phi) is 3.62. The van der Waals surface area contributed by atoms with Crippen molar-refractivity contribution in [2.24, 2.45) is 0 Å². The lowest BCUT2D eigenvalue weighted by Crippen LogP contribution is -2.44. The van der Waals surface area contributed by atoms with Crippen LogP contribution in [0.1, 0.15) is 28.9 Å². The number of aryl methyl sites for hydroxylation is 1. The van der Waals surface area contributed by atoms with E-state index in [4.69, 9.17) is 0 Å². The van der Waals surface area contributed by atoms with Gasteiger partial charge in [0.25, 0.3) is 5.91 Å².